The van der Waals surface area contributed by atoms with Crippen LogP contribution in [0.5, 0.6) is 0 Å². The second kappa shape index (κ2) is 14.9. The normalized spacial score (nSPS) is 14.7. The third kappa shape index (κ3) is 6.56. The molecule has 4 aliphatic rings. The summed E-state index contributed by atoms with van der Waals surface area (Å²) in [5.41, 5.74) is 4.73. The van der Waals surface area contributed by atoms with E-state index in [0.29, 0.717) is 22.3 Å². The number of carbonyl (C=O) groups is 8. The third-order valence-electron chi connectivity index (χ3n) is 11.2. The highest BCUT2D eigenvalue weighted by atomic mass is 16.2. The van der Waals surface area contributed by atoms with Crippen LogP contribution in [0.3, 0.4) is 0 Å². The summed E-state index contributed by atoms with van der Waals surface area (Å²) < 4.78 is 0. The van der Waals surface area contributed by atoms with Crippen molar-refractivity contribution < 1.29 is 38.4 Å². The first-order valence-corrected chi connectivity index (χ1v) is 19.7. The summed E-state index contributed by atoms with van der Waals surface area (Å²) in [6, 6.07) is 37.3. The molecule has 0 aromatic heterocycles. The zero-order valence-corrected chi connectivity index (χ0v) is 32.9. The summed E-state index contributed by atoms with van der Waals surface area (Å²) in [4.78, 5) is 111. The Balaban J connectivity index is 0.811. The van der Waals surface area contributed by atoms with Crippen molar-refractivity contribution in [3.05, 3.63) is 211 Å². The van der Waals surface area contributed by atoms with Gasteiger partial charge in [-0.1, -0.05) is 72.2 Å². The predicted molar refractivity (Wildman–Crippen MR) is 225 cm³/mol. The molecule has 0 spiro atoms. The molecule has 63 heavy (non-hydrogen) atoms. The van der Waals surface area contributed by atoms with Gasteiger partial charge in [-0.2, -0.15) is 0 Å². The van der Waals surface area contributed by atoms with E-state index in [4.69, 9.17) is 0 Å². The molecule has 0 radical (unpaired) electrons. The van der Waals surface area contributed by atoms with Gasteiger partial charge in [-0.15, -0.1) is 0 Å². The minimum absolute atomic E-state index is 0.0856. The highest BCUT2D eigenvalue weighted by molar-refractivity contribution is 6.25. The Morgan fingerprint density at radius 3 is 0.921 bits per heavy atom. The molecule has 0 fully saturated rings. The van der Waals surface area contributed by atoms with Gasteiger partial charge in [-0.3, -0.25) is 58.0 Å². The van der Waals surface area contributed by atoms with E-state index in [-0.39, 0.29) is 50.9 Å². The first-order chi connectivity index (χ1) is 30.5. The molecule has 4 aliphatic heterocycles. The molecule has 0 atom stereocenters. The fourth-order valence-electron chi connectivity index (χ4n) is 8.00. The van der Waals surface area contributed by atoms with Crippen LogP contribution in [0.15, 0.2) is 133 Å². The van der Waals surface area contributed by atoms with Crippen LogP contribution in [-0.4, -0.2) is 80.2 Å². The number of amides is 8. The van der Waals surface area contributed by atoms with E-state index >= 15 is 0 Å². The summed E-state index contributed by atoms with van der Waals surface area (Å²) in [6.45, 7) is -1.16. The van der Waals surface area contributed by atoms with E-state index in [0.717, 1.165) is 30.7 Å². The number of carbonyl (C=O) groups excluding carboxylic acids is 8. The number of fused-ring (bicyclic) bond motifs is 4. The second-order valence-corrected chi connectivity index (χ2v) is 15.1. The Bertz CT molecular complexity index is 3030. The maximum atomic E-state index is 13.7. The van der Waals surface area contributed by atoms with E-state index in [2.05, 4.69) is 23.7 Å². The summed E-state index contributed by atoms with van der Waals surface area (Å²) in [7, 11) is 0. The first kappa shape index (κ1) is 38.2. The maximum absolute atomic E-state index is 13.7. The maximum Gasteiger partial charge on any atom is 0.263 e. The van der Waals surface area contributed by atoms with Crippen molar-refractivity contribution in [2.45, 2.75) is 6.42 Å². The zero-order valence-electron chi connectivity index (χ0n) is 32.9. The van der Waals surface area contributed by atoms with Crippen molar-refractivity contribution in [3.8, 4) is 23.7 Å². The largest absolute Gasteiger partial charge is 0.269 e. The average Bonchev–Trinajstić information content (AvgIpc) is 3.88. The van der Waals surface area contributed by atoms with Crippen molar-refractivity contribution in [2.75, 3.05) is 13.3 Å². The Labute approximate surface area is 358 Å². The Hall–Kier alpha value is -9.00. The van der Waals surface area contributed by atoms with E-state index in [1.807, 2.05) is 60.7 Å². The highest BCUT2D eigenvalue weighted by Crippen LogP contribution is 2.32. The summed E-state index contributed by atoms with van der Waals surface area (Å²) in [5.74, 6) is 6.76. The third-order valence-corrected chi connectivity index (χ3v) is 11.2. The molecular formula is C51H28N4O8. The molecule has 12 nitrogen and oxygen atoms in total. The lowest BCUT2D eigenvalue weighted by Gasteiger charge is -2.20. The summed E-state index contributed by atoms with van der Waals surface area (Å²) >= 11 is 0. The van der Waals surface area contributed by atoms with Crippen molar-refractivity contribution >= 4 is 47.3 Å². The predicted octanol–water partition coefficient (Wildman–Crippen LogP) is 5.78. The molecule has 4 heterocycles. The van der Waals surface area contributed by atoms with Crippen LogP contribution in [0, 0.1) is 23.7 Å². The lowest BCUT2D eigenvalue weighted by atomic mass is 9.98. The molecule has 10 rings (SSSR count). The second-order valence-electron chi connectivity index (χ2n) is 15.1. The summed E-state index contributed by atoms with van der Waals surface area (Å²) in [5, 5.41) is 0. The Morgan fingerprint density at radius 2 is 0.571 bits per heavy atom. The average molecular weight is 825 g/mol. The van der Waals surface area contributed by atoms with Gasteiger partial charge in [-0.05, 0) is 102 Å². The minimum atomic E-state index is -0.683. The summed E-state index contributed by atoms with van der Waals surface area (Å²) in [6.07, 6.45) is 0.200. The fraction of sp³-hybridized carbons (Fsp3) is 0.0588. The van der Waals surface area contributed by atoms with E-state index in [1.54, 1.807) is 36.4 Å². The van der Waals surface area contributed by atoms with Crippen LogP contribution in [0.1, 0.15) is 116 Å². The van der Waals surface area contributed by atoms with Crippen molar-refractivity contribution in [3.63, 3.8) is 0 Å². The zero-order chi connectivity index (χ0) is 43.5. The van der Waals surface area contributed by atoms with Crippen LogP contribution < -0.4 is 0 Å². The number of imide groups is 4. The molecule has 6 aromatic rings. The van der Waals surface area contributed by atoms with Gasteiger partial charge in [-0.25, -0.2) is 0 Å². The molecule has 0 N–H and O–H groups in total. The van der Waals surface area contributed by atoms with Crippen LogP contribution in [0.2, 0.25) is 0 Å². The van der Waals surface area contributed by atoms with E-state index in [9.17, 15) is 38.4 Å². The number of benzene rings is 6. The standard InChI is InChI=1S/C51H28N4O8/c56-44-36-19-15-32(13-11-30-7-3-1-4-8-30)24-40(36)48(60)52(44)28-54-46(58)38-21-17-34(26-42(38)50(54)62)23-35-18-22-39-43(27-35)51(63)55(47(39)59)29-53-45(57)37-20-16-33(25-41(37)49(53)61)14-12-31-9-5-2-6-10-31/h1-10,15-22,24-27H,23,28-29H2. The van der Waals surface area contributed by atoms with Gasteiger partial charge >= 0.3 is 0 Å². The quantitative estimate of drug-likeness (QED) is 0.152. The lowest BCUT2D eigenvalue weighted by Crippen LogP contribution is -2.43. The van der Waals surface area contributed by atoms with Gasteiger partial charge in [0.25, 0.3) is 47.3 Å². The van der Waals surface area contributed by atoms with Crippen LogP contribution >= 0.6 is 0 Å². The molecule has 0 unspecified atom stereocenters. The fourth-order valence-corrected chi connectivity index (χ4v) is 8.00. The van der Waals surface area contributed by atoms with Crippen molar-refractivity contribution in [1.82, 2.24) is 19.6 Å². The molecule has 0 aliphatic carbocycles. The molecule has 0 bridgehead atoms. The van der Waals surface area contributed by atoms with Gasteiger partial charge in [0.05, 0.1) is 44.5 Å². The van der Waals surface area contributed by atoms with Gasteiger partial charge in [0, 0.05) is 22.3 Å². The van der Waals surface area contributed by atoms with Crippen LogP contribution in [0.4, 0.5) is 0 Å². The topological polar surface area (TPSA) is 150 Å². The van der Waals surface area contributed by atoms with Gasteiger partial charge in [0.2, 0.25) is 0 Å². The number of rotatable bonds is 6. The number of hydrogen-bond acceptors (Lipinski definition) is 8. The van der Waals surface area contributed by atoms with Gasteiger partial charge in [0.1, 0.15) is 13.3 Å². The number of nitrogens with zero attached hydrogens (tertiary/aromatic N) is 4. The Morgan fingerprint density at radius 1 is 0.286 bits per heavy atom. The molecule has 12 heteroatoms. The monoisotopic (exact) mass is 824 g/mol. The molecule has 6 aromatic carbocycles. The van der Waals surface area contributed by atoms with Crippen molar-refractivity contribution in [1.29, 1.82) is 0 Å². The molecule has 0 saturated carbocycles. The minimum Gasteiger partial charge on any atom is -0.269 e. The highest BCUT2D eigenvalue weighted by Gasteiger charge is 2.44. The van der Waals surface area contributed by atoms with E-state index in [1.165, 1.54) is 36.4 Å². The van der Waals surface area contributed by atoms with Crippen molar-refractivity contribution in [2.24, 2.45) is 0 Å². The SMILES string of the molecule is O=C1c2ccc(C#Cc3ccccc3)cc2C(=O)N1CN1C(=O)c2ccc(Cc3ccc4c(c3)C(=O)N(CN3C(=O)c5ccc(C#Cc6ccccc6)cc5C3=O)C4=O)cc2C1=O. The smallest absolute Gasteiger partial charge is 0.263 e. The first-order valence-electron chi connectivity index (χ1n) is 19.7. The van der Waals surface area contributed by atoms with Gasteiger partial charge in [0.15, 0.2) is 0 Å². The lowest BCUT2D eigenvalue weighted by molar-refractivity contribution is 0.0442. The van der Waals surface area contributed by atoms with E-state index < -0.39 is 60.6 Å². The molecule has 0 saturated heterocycles. The van der Waals surface area contributed by atoms with Crippen LogP contribution in [0.25, 0.3) is 0 Å². The Kier molecular flexibility index (Phi) is 9.05. The molecule has 300 valence electrons. The molecular weight excluding hydrogens is 797 g/mol. The van der Waals surface area contributed by atoms with Crippen LogP contribution in [-0.2, 0) is 6.42 Å². The molecule has 8 amide bonds. The number of hydrogen-bond donors (Lipinski definition) is 0. The van der Waals surface area contributed by atoms with Gasteiger partial charge < -0.3 is 0 Å².